The number of nitrogens with one attached hydrogen (secondary N) is 2. The molecule has 2 N–H and O–H groups in total. The zero-order valence-corrected chi connectivity index (χ0v) is 19.7. The van der Waals surface area contributed by atoms with Crippen LogP contribution in [0.15, 0.2) is 24.5 Å². The summed E-state index contributed by atoms with van der Waals surface area (Å²) in [5.41, 5.74) is 1.82. The van der Waals surface area contributed by atoms with Gasteiger partial charge in [-0.2, -0.15) is 5.10 Å². The van der Waals surface area contributed by atoms with E-state index in [1.807, 2.05) is 17.0 Å². The van der Waals surface area contributed by atoms with E-state index in [0.717, 1.165) is 53.9 Å². The van der Waals surface area contributed by atoms with Crippen LogP contribution in [0.3, 0.4) is 0 Å². The summed E-state index contributed by atoms with van der Waals surface area (Å²) in [5.74, 6) is 1.02. The van der Waals surface area contributed by atoms with Crippen LogP contribution in [0.5, 0.6) is 5.88 Å². The largest absolute Gasteiger partial charge is 0.480 e. The van der Waals surface area contributed by atoms with E-state index in [4.69, 9.17) is 9.47 Å². The molecule has 5 heterocycles. The van der Waals surface area contributed by atoms with Gasteiger partial charge in [-0.1, -0.05) is 0 Å². The number of morpholine rings is 1. The molecule has 1 fully saturated rings. The molecular weight excluding hydrogens is 442 g/mol. The highest BCUT2D eigenvalue weighted by Gasteiger charge is 2.44. The molecule has 5 rings (SSSR count). The minimum atomic E-state index is -0.361. The molecule has 0 spiro atoms. The molecule has 2 aliphatic rings. The number of fused-ring (bicyclic) bond motifs is 1. The number of H-pyrrole nitrogens is 1. The van der Waals surface area contributed by atoms with E-state index in [2.05, 4.69) is 44.2 Å². The standard InChI is InChI=1S/C22H27N7O3S/c1-22(2)18-14(20(30)29(22)7-6-28-8-10-32-11-9-28)12-17(33-18)15-4-5-23-21(25-15)26-16-13-24-27-19(16)31-3/h4-5,12-13H,6-11H2,1-3H3,(H,24,27)(H,23,25,26). The van der Waals surface area contributed by atoms with Crippen molar-refractivity contribution in [2.45, 2.75) is 19.4 Å². The maximum absolute atomic E-state index is 13.3. The van der Waals surface area contributed by atoms with Crippen molar-refractivity contribution in [1.82, 2.24) is 30.0 Å². The maximum atomic E-state index is 13.3. The summed E-state index contributed by atoms with van der Waals surface area (Å²) in [4.78, 5) is 28.6. The number of methoxy groups -OCH3 is 1. The summed E-state index contributed by atoms with van der Waals surface area (Å²) in [6.45, 7) is 9.17. The van der Waals surface area contributed by atoms with Crippen LogP contribution in [0.4, 0.5) is 11.6 Å². The highest BCUT2D eigenvalue weighted by molar-refractivity contribution is 7.16. The van der Waals surface area contributed by atoms with Crippen molar-refractivity contribution in [2.24, 2.45) is 0 Å². The number of amides is 1. The lowest BCUT2D eigenvalue weighted by Gasteiger charge is -2.35. The molecule has 33 heavy (non-hydrogen) atoms. The quantitative estimate of drug-likeness (QED) is 0.544. The number of nitrogens with zero attached hydrogens (tertiary/aromatic N) is 5. The third kappa shape index (κ3) is 4.07. The van der Waals surface area contributed by atoms with Gasteiger partial charge in [0.2, 0.25) is 11.8 Å². The van der Waals surface area contributed by atoms with Crippen molar-refractivity contribution in [2.75, 3.05) is 51.8 Å². The minimum Gasteiger partial charge on any atom is -0.480 e. The number of hydrogen-bond donors (Lipinski definition) is 2. The SMILES string of the molecule is COc1[nH]ncc1Nc1nccc(-c2cc3c(s2)C(C)(C)N(CCN2CCOCC2)C3=O)n1. The topological polar surface area (TPSA) is 108 Å². The fourth-order valence-corrected chi connectivity index (χ4v) is 5.53. The Morgan fingerprint density at radius 1 is 1.30 bits per heavy atom. The molecule has 0 unspecified atom stereocenters. The molecule has 3 aromatic rings. The van der Waals surface area contributed by atoms with Crippen LogP contribution in [0.25, 0.3) is 10.6 Å². The fourth-order valence-electron chi connectivity index (χ4n) is 4.30. The van der Waals surface area contributed by atoms with Gasteiger partial charge in [0, 0.05) is 37.3 Å². The lowest BCUT2D eigenvalue weighted by Crippen LogP contribution is -2.46. The molecule has 0 radical (unpaired) electrons. The maximum Gasteiger partial charge on any atom is 0.255 e. The molecule has 0 saturated carbocycles. The molecule has 0 atom stereocenters. The van der Waals surface area contributed by atoms with Gasteiger partial charge in [0.1, 0.15) is 5.69 Å². The molecular formula is C22H27N7O3S. The molecule has 0 aromatic carbocycles. The summed E-state index contributed by atoms with van der Waals surface area (Å²) in [6.07, 6.45) is 3.31. The van der Waals surface area contributed by atoms with Crippen molar-refractivity contribution in [3.63, 3.8) is 0 Å². The first-order valence-corrected chi connectivity index (χ1v) is 11.7. The molecule has 3 aromatic heterocycles. The van der Waals surface area contributed by atoms with Crippen LogP contribution < -0.4 is 10.1 Å². The van der Waals surface area contributed by atoms with Crippen LogP contribution in [-0.4, -0.2) is 82.4 Å². The number of anilines is 2. The van der Waals surface area contributed by atoms with E-state index in [-0.39, 0.29) is 11.4 Å². The van der Waals surface area contributed by atoms with Gasteiger partial charge >= 0.3 is 0 Å². The molecule has 2 aliphatic heterocycles. The Morgan fingerprint density at radius 2 is 2.12 bits per heavy atom. The summed E-state index contributed by atoms with van der Waals surface area (Å²) in [6, 6.07) is 3.82. The van der Waals surface area contributed by atoms with E-state index < -0.39 is 0 Å². The van der Waals surface area contributed by atoms with Crippen molar-refractivity contribution in [3.8, 4) is 16.5 Å². The van der Waals surface area contributed by atoms with Crippen LogP contribution in [-0.2, 0) is 10.3 Å². The molecule has 11 heteroatoms. The van der Waals surface area contributed by atoms with Crippen molar-refractivity contribution < 1.29 is 14.3 Å². The first-order chi connectivity index (χ1) is 16.0. The van der Waals surface area contributed by atoms with Crippen LogP contribution in [0.2, 0.25) is 0 Å². The third-order valence-electron chi connectivity index (χ3n) is 6.14. The van der Waals surface area contributed by atoms with E-state index in [1.54, 1.807) is 30.8 Å². The Balaban J connectivity index is 1.34. The van der Waals surface area contributed by atoms with Crippen LogP contribution in [0, 0.1) is 0 Å². The number of thiophene rings is 1. The van der Waals surface area contributed by atoms with Gasteiger partial charge in [0.25, 0.3) is 5.91 Å². The molecule has 0 aliphatic carbocycles. The van der Waals surface area contributed by atoms with E-state index in [0.29, 0.717) is 24.1 Å². The summed E-state index contributed by atoms with van der Waals surface area (Å²) >= 11 is 1.62. The average Bonchev–Trinajstić information content (AvgIpc) is 3.50. The van der Waals surface area contributed by atoms with Gasteiger partial charge in [-0.05, 0) is 26.0 Å². The number of ether oxygens (including phenoxy) is 2. The number of hydrogen-bond acceptors (Lipinski definition) is 9. The molecule has 1 saturated heterocycles. The predicted molar refractivity (Wildman–Crippen MR) is 125 cm³/mol. The van der Waals surface area contributed by atoms with Crippen molar-refractivity contribution in [3.05, 3.63) is 35.0 Å². The van der Waals surface area contributed by atoms with Gasteiger partial charge < -0.3 is 19.7 Å². The van der Waals surface area contributed by atoms with Crippen molar-refractivity contribution >= 4 is 28.9 Å². The predicted octanol–water partition coefficient (Wildman–Crippen LogP) is 2.70. The van der Waals surface area contributed by atoms with Gasteiger partial charge in [-0.25, -0.2) is 15.1 Å². The molecule has 174 valence electrons. The van der Waals surface area contributed by atoms with Gasteiger partial charge in [0.15, 0.2) is 0 Å². The minimum absolute atomic E-state index is 0.0845. The van der Waals surface area contributed by atoms with Gasteiger partial charge in [0.05, 0.1) is 48.2 Å². The first-order valence-electron chi connectivity index (χ1n) is 10.9. The number of carbonyl (C=O) groups excluding carboxylic acids is 1. The summed E-state index contributed by atoms with van der Waals surface area (Å²) in [7, 11) is 1.56. The zero-order chi connectivity index (χ0) is 23.0. The monoisotopic (exact) mass is 469 g/mol. The lowest BCUT2D eigenvalue weighted by molar-refractivity contribution is 0.0263. The van der Waals surface area contributed by atoms with E-state index in [1.165, 1.54) is 0 Å². The van der Waals surface area contributed by atoms with Gasteiger partial charge in [-0.3, -0.25) is 9.69 Å². The molecule has 10 nitrogen and oxygen atoms in total. The number of aromatic amines is 1. The van der Waals surface area contributed by atoms with Crippen molar-refractivity contribution in [1.29, 1.82) is 0 Å². The normalized spacial score (nSPS) is 17.9. The average molecular weight is 470 g/mol. The second-order valence-electron chi connectivity index (χ2n) is 8.53. The second-order valence-corrected chi connectivity index (χ2v) is 9.58. The Labute approximate surface area is 195 Å². The second kappa shape index (κ2) is 8.73. The Hall–Kier alpha value is -3.02. The summed E-state index contributed by atoms with van der Waals surface area (Å²) in [5, 5.41) is 9.84. The first kappa shape index (κ1) is 21.8. The molecule has 0 bridgehead atoms. The number of rotatable bonds is 7. The Morgan fingerprint density at radius 3 is 2.88 bits per heavy atom. The highest BCUT2D eigenvalue weighted by Crippen LogP contribution is 2.46. The molecule has 1 amide bonds. The summed E-state index contributed by atoms with van der Waals surface area (Å²) < 4.78 is 10.7. The number of aromatic nitrogens is 4. The van der Waals surface area contributed by atoms with E-state index >= 15 is 0 Å². The van der Waals surface area contributed by atoms with Crippen LogP contribution in [0.1, 0.15) is 29.1 Å². The fraction of sp³-hybridized carbons (Fsp3) is 0.455. The smallest absolute Gasteiger partial charge is 0.255 e. The third-order valence-corrected chi connectivity index (χ3v) is 7.62. The zero-order valence-electron chi connectivity index (χ0n) is 18.9. The Bertz CT molecular complexity index is 1150. The van der Waals surface area contributed by atoms with Gasteiger partial charge in [-0.15, -0.1) is 11.3 Å². The Kier molecular flexibility index (Phi) is 5.77. The highest BCUT2D eigenvalue weighted by atomic mass is 32.1. The van der Waals surface area contributed by atoms with Crippen LogP contribution >= 0.6 is 11.3 Å². The van der Waals surface area contributed by atoms with E-state index in [9.17, 15) is 4.79 Å². The lowest BCUT2D eigenvalue weighted by atomic mass is 10.0. The number of carbonyl (C=O) groups is 1.